The number of rotatable bonds is 1. The second-order valence-corrected chi connectivity index (χ2v) is 3.90. The minimum absolute atomic E-state index is 0.430. The maximum Gasteiger partial charge on any atom is 0.141 e. The van der Waals surface area contributed by atoms with Crippen molar-refractivity contribution in [1.82, 2.24) is 0 Å². The summed E-state index contributed by atoms with van der Waals surface area (Å²) in [6, 6.07) is 6.05. The van der Waals surface area contributed by atoms with E-state index in [-0.39, 0.29) is 0 Å². The highest BCUT2D eigenvalue weighted by atomic mass is 79.9. The topological polar surface area (TPSA) is 33.0 Å². The van der Waals surface area contributed by atoms with E-state index in [4.69, 9.17) is 10.00 Å². The van der Waals surface area contributed by atoms with Crippen LogP contribution in [0.4, 0.5) is 0 Å². The highest BCUT2D eigenvalue weighted by Gasteiger charge is 2.10. The standard InChI is InChI=1S/C11H8BrNO/c12-10-7-8(3-4-13)6-9-2-1-5-14-11(9)10/h1-2,6-7H,3,5H2. The monoisotopic (exact) mass is 249 g/mol. The van der Waals surface area contributed by atoms with Crippen LogP contribution in [0, 0.1) is 11.3 Å². The van der Waals surface area contributed by atoms with E-state index in [9.17, 15) is 0 Å². The van der Waals surface area contributed by atoms with Gasteiger partial charge in [0, 0.05) is 5.56 Å². The molecule has 1 heterocycles. The fraction of sp³-hybridized carbons (Fsp3) is 0.182. The number of nitrogens with zero attached hydrogens (tertiary/aromatic N) is 1. The molecule has 0 spiro atoms. The predicted octanol–water partition coefficient (Wildman–Crippen LogP) is 2.92. The zero-order valence-electron chi connectivity index (χ0n) is 7.46. The molecule has 0 unspecified atom stereocenters. The first kappa shape index (κ1) is 9.29. The van der Waals surface area contributed by atoms with Gasteiger partial charge in [-0.1, -0.05) is 6.08 Å². The lowest BCUT2D eigenvalue weighted by molar-refractivity contribution is 0.356. The van der Waals surface area contributed by atoms with Crippen LogP contribution in [0.1, 0.15) is 11.1 Å². The Morgan fingerprint density at radius 3 is 3.14 bits per heavy atom. The van der Waals surface area contributed by atoms with Gasteiger partial charge in [-0.25, -0.2) is 0 Å². The minimum atomic E-state index is 0.430. The lowest BCUT2D eigenvalue weighted by Crippen LogP contribution is -2.01. The van der Waals surface area contributed by atoms with Crippen molar-refractivity contribution in [2.45, 2.75) is 6.42 Å². The number of hydrogen-bond acceptors (Lipinski definition) is 2. The molecule has 2 rings (SSSR count). The Labute approximate surface area is 90.9 Å². The lowest BCUT2D eigenvalue weighted by atomic mass is 10.1. The molecule has 0 saturated heterocycles. The van der Waals surface area contributed by atoms with Crippen LogP contribution >= 0.6 is 15.9 Å². The van der Waals surface area contributed by atoms with Crippen molar-refractivity contribution in [2.75, 3.05) is 6.61 Å². The molecule has 1 aliphatic heterocycles. The lowest BCUT2D eigenvalue weighted by Gasteiger charge is -2.14. The molecule has 1 aromatic rings. The molecule has 1 aromatic carbocycles. The molecule has 0 amide bonds. The van der Waals surface area contributed by atoms with E-state index in [2.05, 4.69) is 22.0 Å². The van der Waals surface area contributed by atoms with E-state index in [1.54, 1.807) is 0 Å². The zero-order valence-corrected chi connectivity index (χ0v) is 9.04. The number of halogens is 1. The molecule has 14 heavy (non-hydrogen) atoms. The molecule has 70 valence electrons. The molecule has 0 atom stereocenters. The molecule has 0 aliphatic carbocycles. The van der Waals surface area contributed by atoms with Crippen LogP contribution in [0.25, 0.3) is 6.08 Å². The second-order valence-electron chi connectivity index (χ2n) is 3.04. The van der Waals surface area contributed by atoms with E-state index >= 15 is 0 Å². The van der Waals surface area contributed by atoms with Crippen LogP contribution in [-0.2, 0) is 6.42 Å². The fourth-order valence-corrected chi connectivity index (χ4v) is 2.09. The Bertz CT molecular complexity index is 432. The number of fused-ring (bicyclic) bond motifs is 1. The molecule has 0 fully saturated rings. The number of benzene rings is 1. The summed E-state index contributed by atoms with van der Waals surface area (Å²) in [6.45, 7) is 0.614. The third-order valence-electron chi connectivity index (χ3n) is 2.04. The van der Waals surface area contributed by atoms with Crippen molar-refractivity contribution in [3.8, 4) is 11.8 Å². The van der Waals surface area contributed by atoms with Crippen molar-refractivity contribution >= 4 is 22.0 Å². The van der Waals surface area contributed by atoms with Gasteiger partial charge < -0.3 is 4.74 Å². The Hall–Kier alpha value is -1.27. The van der Waals surface area contributed by atoms with Gasteiger partial charge in [-0.2, -0.15) is 5.26 Å². The summed E-state index contributed by atoms with van der Waals surface area (Å²) in [4.78, 5) is 0. The van der Waals surface area contributed by atoms with E-state index in [0.717, 1.165) is 21.3 Å². The van der Waals surface area contributed by atoms with Gasteiger partial charge >= 0.3 is 0 Å². The van der Waals surface area contributed by atoms with Gasteiger partial charge in [0.25, 0.3) is 0 Å². The first-order valence-electron chi connectivity index (χ1n) is 4.30. The van der Waals surface area contributed by atoms with Crippen molar-refractivity contribution in [3.05, 3.63) is 33.8 Å². The summed E-state index contributed by atoms with van der Waals surface area (Å²) in [6.07, 6.45) is 4.41. The van der Waals surface area contributed by atoms with Gasteiger partial charge in [0.2, 0.25) is 0 Å². The van der Waals surface area contributed by atoms with Gasteiger partial charge in [-0.05, 0) is 39.7 Å². The third kappa shape index (κ3) is 1.66. The first-order chi connectivity index (χ1) is 6.81. The smallest absolute Gasteiger partial charge is 0.141 e. The molecule has 1 aliphatic rings. The van der Waals surface area contributed by atoms with Crippen molar-refractivity contribution in [1.29, 1.82) is 5.26 Å². The quantitative estimate of drug-likeness (QED) is 0.767. The molecule has 0 saturated carbocycles. The highest BCUT2D eigenvalue weighted by molar-refractivity contribution is 9.10. The summed E-state index contributed by atoms with van der Waals surface area (Å²) in [5, 5.41) is 8.60. The molecular formula is C11H8BrNO. The van der Waals surface area contributed by atoms with Crippen LogP contribution in [-0.4, -0.2) is 6.61 Å². The van der Waals surface area contributed by atoms with Crippen LogP contribution < -0.4 is 4.74 Å². The maximum atomic E-state index is 8.60. The molecule has 0 radical (unpaired) electrons. The molecule has 2 nitrogen and oxygen atoms in total. The van der Waals surface area contributed by atoms with Gasteiger partial charge in [0.05, 0.1) is 17.0 Å². The second kappa shape index (κ2) is 3.85. The predicted molar refractivity (Wildman–Crippen MR) is 58.0 cm³/mol. The van der Waals surface area contributed by atoms with Gasteiger partial charge in [0.15, 0.2) is 0 Å². The normalized spacial score (nSPS) is 12.9. The summed E-state index contributed by atoms with van der Waals surface area (Å²) in [7, 11) is 0. The van der Waals surface area contributed by atoms with E-state index < -0.39 is 0 Å². The number of ether oxygens (including phenoxy) is 1. The molecular weight excluding hydrogens is 242 g/mol. The summed E-state index contributed by atoms with van der Waals surface area (Å²) in [5.74, 6) is 0.870. The Balaban J connectivity index is 2.49. The van der Waals surface area contributed by atoms with E-state index in [0.29, 0.717) is 13.0 Å². The Kier molecular flexibility index (Phi) is 2.55. The third-order valence-corrected chi connectivity index (χ3v) is 2.63. The summed E-state index contributed by atoms with van der Waals surface area (Å²) >= 11 is 3.43. The largest absolute Gasteiger partial charge is 0.488 e. The van der Waals surface area contributed by atoms with Crippen molar-refractivity contribution < 1.29 is 4.74 Å². The SMILES string of the molecule is N#CCc1cc(Br)c2c(c1)C=CCO2. The van der Waals surface area contributed by atoms with Crippen LogP contribution in [0.2, 0.25) is 0 Å². The van der Waals surface area contributed by atoms with E-state index in [1.807, 2.05) is 24.3 Å². The van der Waals surface area contributed by atoms with Gasteiger partial charge in [-0.3, -0.25) is 0 Å². The number of hydrogen-bond donors (Lipinski definition) is 0. The zero-order chi connectivity index (χ0) is 9.97. The summed E-state index contributed by atoms with van der Waals surface area (Å²) in [5.41, 5.74) is 2.05. The average Bonchev–Trinajstić information content (AvgIpc) is 2.18. The number of nitriles is 1. The van der Waals surface area contributed by atoms with Gasteiger partial charge in [-0.15, -0.1) is 0 Å². The molecule has 0 aromatic heterocycles. The Morgan fingerprint density at radius 2 is 2.36 bits per heavy atom. The average molecular weight is 250 g/mol. The highest BCUT2D eigenvalue weighted by Crippen LogP contribution is 2.33. The minimum Gasteiger partial charge on any atom is -0.488 e. The van der Waals surface area contributed by atoms with Crippen molar-refractivity contribution in [3.63, 3.8) is 0 Å². The van der Waals surface area contributed by atoms with Crippen LogP contribution in [0.5, 0.6) is 5.75 Å². The van der Waals surface area contributed by atoms with Crippen LogP contribution in [0.15, 0.2) is 22.7 Å². The molecule has 3 heteroatoms. The molecule has 0 bridgehead atoms. The van der Waals surface area contributed by atoms with Crippen LogP contribution in [0.3, 0.4) is 0 Å². The maximum absolute atomic E-state index is 8.60. The molecule has 0 N–H and O–H groups in total. The van der Waals surface area contributed by atoms with Gasteiger partial charge in [0.1, 0.15) is 12.4 Å². The Morgan fingerprint density at radius 1 is 1.50 bits per heavy atom. The van der Waals surface area contributed by atoms with E-state index in [1.165, 1.54) is 0 Å². The summed E-state index contributed by atoms with van der Waals surface area (Å²) < 4.78 is 6.39. The fourth-order valence-electron chi connectivity index (χ4n) is 1.45. The van der Waals surface area contributed by atoms with Crippen molar-refractivity contribution in [2.24, 2.45) is 0 Å². The first-order valence-corrected chi connectivity index (χ1v) is 5.09.